The molecule has 1 heterocycles. The SMILES string of the molecule is CO[C@@H]1O[C@H](C=S)[C@H](O)[C@H](O)[C@H]1O. The third-order valence-corrected chi connectivity index (χ3v) is 2.24. The molecule has 1 aliphatic rings. The maximum absolute atomic E-state index is 9.33. The zero-order chi connectivity index (χ0) is 10.0. The van der Waals surface area contributed by atoms with Gasteiger partial charge in [-0.05, 0) is 0 Å². The Balaban J connectivity index is 2.71. The molecule has 0 amide bonds. The second kappa shape index (κ2) is 4.41. The third-order valence-electron chi connectivity index (χ3n) is 1.97. The van der Waals surface area contributed by atoms with Crippen molar-refractivity contribution in [3.63, 3.8) is 0 Å². The van der Waals surface area contributed by atoms with E-state index in [1.54, 1.807) is 0 Å². The van der Waals surface area contributed by atoms with E-state index >= 15 is 0 Å². The molecular weight excluding hydrogens is 196 g/mol. The lowest BCUT2D eigenvalue weighted by molar-refractivity contribution is -0.274. The van der Waals surface area contributed by atoms with Gasteiger partial charge in [0.15, 0.2) is 6.29 Å². The summed E-state index contributed by atoms with van der Waals surface area (Å²) < 4.78 is 9.78. The van der Waals surface area contributed by atoms with Crippen LogP contribution in [0.2, 0.25) is 0 Å². The minimum atomic E-state index is -1.30. The molecule has 0 saturated carbocycles. The van der Waals surface area contributed by atoms with E-state index in [1.165, 1.54) is 12.5 Å². The Kier molecular flexibility index (Phi) is 3.72. The summed E-state index contributed by atoms with van der Waals surface area (Å²) in [5.74, 6) is 0. The number of rotatable bonds is 2. The molecule has 6 heteroatoms. The maximum atomic E-state index is 9.33. The predicted molar refractivity (Wildman–Crippen MR) is 47.3 cm³/mol. The molecule has 0 aliphatic carbocycles. The molecule has 1 rings (SSSR count). The molecule has 0 spiro atoms. The topological polar surface area (TPSA) is 79.2 Å². The summed E-state index contributed by atoms with van der Waals surface area (Å²) in [4.78, 5) is 0. The van der Waals surface area contributed by atoms with Gasteiger partial charge in [-0.3, -0.25) is 0 Å². The quantitative estimate of drug-likeness (QED) is 0.476. The lowest BCUT2D eigenvalue weighted by Crippen LogP contribution is -2.58. The third kappa shape index (κ3) is 2.04. The van der Waals surface area contributed by atoms with Crippen LogP contribution in [0.25, 0.3) is 0 Å². The normalized spacial score (nSPS) is 46.0. The fourth-order valence-electron chi connectivity index (χ4n) is 1.18. The van der Waals surface area contributed by atoms with E-state index in [1.807, 2.05) is 0 Å². The molecule has 0 bridgehead atoms. The van der Waals surface area contributed by atoms with E-state index in [4.69, 9.17) is 9.47 Å². The molecule has 0 aromatic rings. The minimum Gasteiger partial charge on any atom is -0.387 e. The van der Waals surface area contributed by atoms with Crippen LogP contribution in [-0.2, 0) is 9.47 Å². The number of aliphatic hydroxyl groups excluding tert-OH is 3. The molecule has 0 radical (unpaired) electrons. The van der Waals surface area contributed by atoms with Crippen molar-refractivity contribution in [2.24, 2.45) is 0 Å². The van der Waals surface area contributed by atoms with Crippen LogP contribution < -0.4 is 0 Å². The Morgan fingerprint density at radius 3 is 2.31 bits per heavy atom. The van der Waals surface area contributed by atoms with Crippen molar-refractivity contribution in [2.45, 2.75) is 30.7 Å². The van der Waals surface area contributed by atoms with Crippen LogP contribution in [0.15, 0.2) is 0 Å². The summed E-state index contributed by atoms with van der Waals surface area (Å²) in [7, 11) is 1.33. The minimum absolute atomic E-state index is 0.793. The summed E-state index contributed by atoms with van der Waals surface area (Å²) in [5, 5.41) is 29.2. The maximum Gasteiger partial charge on any atom is 0.186 e. The van der Waals surface area contributed by atoms with E-state index in [0.29, 0.717) is 0 Å². The Morgan fingerprint density at radius 1 is 1.23 bits per heavy atom. The van der Waals surface area contributed by atoms with Crippen LogP contribution in [-0.4, -0.2) is 58.5 Å². The summed E-state index contributed by atoms with van der Waals surface area (Å²) in [6.45, 7) is 0. The van der Waals surface area contributed by atoms with Gasteiger partial charge >= 0.3 is 0 Å². The van der Waals surface area contributed by atoms with Crippen molar-refractivity contribution in [1.82, 2.24) is 0 Å². The van der Waals surface area contributed by atoms with Crippen molar-refractivity contribution in [2.75, 3.05) is 7.11 Å². The highest BCUT2D eigenvalue weighted by molar-refractivity contribution is 7.79. The molecular formula is C7H12O5S. The van der Waals surface area contributed by atoms with Crippen molar-refractivity contribution in [3.8, 4) is 0 Å². The molecule has 0 unspecified atom stereocenters. The molecule has 13 heavy (non-hydrogen) atoms. The Labute approximate surface area is 80.9 Å². The highest BCUT2D eigenvalue weighted by Gasteiger charge is 2.42. The standard InChI is InChI=1S/C7H12O5S/c1-11-7-6(10)5(9)4(8)3(2-13)12-7/h2-10H,1H3/t3-,4+,5+,6-,7-/m1/s1. The monoisotopic (exact) mass is 208 g/mol. The molecule has 0 aromatic heterocycles. The smallest absolute Gasteiger partial charge is 0.186 e. The van der Waals surface area contributed by atoms with Gasteiger partial charge in [-0.1, -0.05) is 12.2 Å². The Hall–Kier alpha value is -0.110. The lowest BCUT2D eigenvalue weighted by atomic mass is 10.0. The molecule has 5 atom stereocenters. The van der Waals surface area contributed by atoms with Crippen LogP contribution in [0.3, 0.4) is 0 Å². The van der Waals surface area contributed by atoms with Crippen molar-refractivity contribution >= 4 is 17.6 Å². The van der Waals surface area contributed by atoms with Gasteiger partial charge < -0.3 is 24.8 Å². The van der Waals surface area contributed by atoms with Crippen LogP contribution in [0, 0.1) is 0 Å². The fraction of sp³-hybridized carbons (Fsp3) is 0.857. The predicted octanol–water partition coefficient (Wildman–Crippen LogP) is -1.56. The zero-order valence-corrected chi connectivity index (χ0v) is 7.85. The molecule has 0 aromatic carbocycles. The average Bonchev–Trinajstić information content (AvgIpc) is 2.15. The van der Waals surface area contributed by atoms with Gasteiger partial charge in [0.2, 0.25) is 0 Å². The van der Waals surface area contributed by atoms with Crippen molar-refractivity contribution in [1.29, 1.82) is 0 Å². The molecule has 76 valence electrons. The Morgan fingerprint density at radius 2 is 1.85 bits per heavy atom. The molecule has 1 aliphatic heterocycles. The van der Waals surface area contributed by atoms with Crippen LogP contribution in [0.5, 0.6) is 0 Å². The fourth-order valence-corrected chi connectivity index (χ4v) is 1.41. The Bertz CT molecular complexity index is 186. The molecule has 3 N–H and O–H groups in total. The first kappa shape index (κ1) is 11.0. The largest absolute Gasteiger partial charge is 0.387 e. The van der Waals surface area contributed by atoms with Gasteiger partial charge in [0, 0.05) is 12.5 Å². The molecule has 1 fully saturated rings. The van der Waals surface area contributed by atoms with Crippen molar-refractivity contribution < 1.29 is 24.8 Å². The first-order valence-electron chi connectivity index (χ1n) is 3.79. The van der Waals surface area contributed by atoms with E-state index < -0.39 is 30.7 Å². The lowest BCUT2D eigenvalue weighted by Gasteiger charge is -2.38. The van der Waals surface area contributed by atoms with Gasteiger partial charge in [-0.15, -0.1) is 0 Å². The molecule has 1 saturated heterocycles. The van der Waals surface area contributed by atoms with E-state index in [9.17, 15) is 15.3 Å². The van der Waals surface area contributed by atoms with Crippen molar-refractivity contribution in [3.05, 3.63) is 0 Å². The molecule has 5 nitrogen and oxygen atoms in total. The number of ether oxygens (including phenoxy) is 2. The summed E-state index contributed by atoms with van der Waals surface area (Å²) >= 11 is 4.58. The van der Waals surface area contributed by atoms with Gasteiger partial charge in [0.05, 0.1) is 0 Å². The van der Waals surface area contributed by atoms with Gasteiger partial charge in [0.25, 0.3) is 0 Å². The van der Waals surface area contributed by atoms with E-state index in [2.05, 4.69) is 12.2 Å². The van der Waals surface area contributed by atoms with Gasteiger partial charge in [-0.2, -0.15) is 0 Å². The van der Waals surface area contributed by atoms with Gasteiger partial charge in [-0.25, -0.2) is 0 Å². The van der Waals surface area contributed by atoms with Crippen LogP contribution in [0.1, 0.15) is 0 Å². The summed E-state index contributed by atoms with van der Waals surface area (Å²) in [6, 6.07) is 0. The number of hydrogen-bond acceptors (Lipinski definition) is 6. The zero-order valence-electron chi connectivity index (χ0n) is 7.03. The van der Waals surface area contributed by atoms with E-state index in [0.717, 1.165) is 0 Å². The second-order valence-corrected chi connectivity index (χ2v) is 3.08. The number of methoxy groups -OCH3 is 1. The van der Waals surface area contributed by atoms with E-state index in [-0.39, 0.29) is 0 Å². The van der Waals surface area contributed by atoms with Crippen LogP contribution in [0.4, 0.5) is 0 Å². The number of thiocarbonyl (C=S) groups is 1. The number of aliphatic hydroxyl groups is 3. The van der Waals surface area contributed by atoms with Gasteiger partial charge in [0.1, 0.15) is 24.4 Å². The average molecular weight is 208 g/mol. The summed E-state index contributed by atoms with van der Waals surface area (Å²) in [5.41, 5.74) is 0. The highest BCUT2D eigenvalue weighted by Crippen LogP contribution is 2.20. The first-order chi connectivity index (χ1) is 6.11. The highest BCUT2D eigenvalue weighted by atomic mass is 32.1. The summed E-state index contributed by atoms with van der Waals surface area (Å²) in [6.07, 6.45) is -5.52. The first-order valence-corrected chi connectivity index (χ1v) is 4.26. The number of hydrogen-bond donors (Lipinski definition) is 3. The van der Waals surface area contributed by atoms with Crippen LogP contribution >= 0.6 is 12.2 Å². The second-order valence-electron chi connectivity index (χ2n) is 2.81.